The summed E-state index contributed by atoms with van der Waals surface area (Å²) < 4.78 is 13.4. The van der Waals surface area contributed by atoms with E-state index in [0.29, 0.717) is 11.5 Å². The summed E-state index contributed by atoms with van der Waals surface area (Å²) in [5, 5.41) is 4.14. The van der Waals surface area contributed by atoms with Crippen LogP contribution in [0.3, 0.4) is 0 Å². The predicted octanol–water partition coefficient (Wildman–Crippen LogP) is 3.75. The van der Waals surface area contributed by atoms with Crippen LogP contribution in [0, 0.1) is 12.7 Å². The standard InChI is InChI=1S/C17H18FN5/c1-11-9-14-15(19-11)21-17(23-7-2-3-8-23)22-16(14)20-13-6-4-5-12(18)10-13/h4-6,9-10H,2-3,7-8H2,1H3,(H2,19,20,21,22). The third-order valence-corrected chi connectivity index (χ3v) is 4.09. The van der Waals surface area contributed by atoms with Gasteiger partial charge in [-0.1, -0.05) is 6.07 Å². The van der Waals surface area contributed by atoms with Gasteiger partial charge in [-0.2, -0.15) is 9.97 Å². The van der Waals surface area contributed by atoms with E-state index in [1.54, 1.807) is 6.07 Å². The number of aryl methyl sites for hydroxylation is 1. The molecule has 6 heteroatoms. The van der Waals surface area contributed by atoms with Gasteiger partial charge in [0.15, 0.2) is 0 Å². The van der Waals surface area contributed by atoms with E-state index >= 15 is 0 Å². The summed E-state index contributed by atoms with van der Waals surface area (Å²) in [7, 11) is 0. The first-order valence-corrected chi connectivity index (χ1v) is 7.84. The lowest BCUT2D eigenvalue weighted by molar-refractivity contribution is 0.628. The van der Waals surface area contributed by atoms with Crippen LogP contribution in [0.15, 0.2) is 30.3 Å². The molecule has 3 heterocycles. The van der Waals surface area contributed by atoms with Crippen LogP contribution >= 0.6 is 0 Å². The molecule has 2 N–H and O–H groups in total. The predicted molar refractivity (Wildman–Crippen MR) is 89.8 cm³/mol. The molecule has 1 aliphatic rings. The van der Waals surface area contributed by atoms with E-state index in [1.165, 1.54) is 12.1 Å². The molecule has 118 valence electrons. The maximum Gasteiger partial charge on any atom is 0.229 e. The minimum atomic E-state index is -0.273. The van der Waals surface area contributed by atoms with E-state index < -0.39 is 0 Å². The molecular weight excluding hydrogens is 293 g/mol. The highest BCUT2D eigenvalue weighted by molar-refractivity contribution is 5.90. The SMILES string of the molecule is Cc1cc2c(Nc3cccc(F)c3)nc(N3CCCC3)nc2[nH]1. The second-order valence-electron chi connectivity index (χ2n) is 5.92. The highest BCUT2D eigenvalue weighted by atomic mass is 19.1. The number of nitrogens with zero attached hydrogens (tertiary/aromatic N) is 3. The van der Waals surface area contributed by atoms with Gasteiger partial charge in [-0.15, -0.1) is 0 Å². The fourth-order valence-corrected chi connectivity index (χ4v) is 2.99. The Balaban J connectivity index is 1.79. The summed E-state index contributed by atoms with van der Waals surface area (Å²) in [6, 6.07) is 8.40. The van der Waals surface area contributed by atoms with Crippen LogP contribution in [-0.2, 0) is 0 Å². The number of hydrogen-bond acceptors (Lipinski definition) is 4. The molecule has 0 unspecified atom stereocenters. The number of H-pyrrole nitrogens is 1. The average Bonchev–Trinajstić information content (AvgIpc) is 3.15. The molecule has 0 amide bonds. The summed E-state index contributed by atoms with van der Waals surface area (Å²) in [5.41, 5.74) is 2.50. The van der Waals surface area contributed by atoms with Crippen molar-refractivity contribution >= 4 is 28.5 Å². The van der Waals surface area contributed by atoms with Crippen molar-refractivity contribution in [2.75, 3.05) is 23.3 Å². The minimum Gasteiger partial charge on any atom is -0.343 e. The summed E-state index contributed by atoms with van der Waals surface area (Å²) in [5.74, 6) is 1.15. The zero-order valence-electron chi connectivity index (χ0n) is 12.9. The average molecular weight is 311 g/mol. The van der Waals surface area contributed by atoms with Crippen molar-refractivity contribution < 1.29 is 4.39 Å². The van der Waals surface area contributed by atoms with Gasteiger partial charge in [0, 0.05) is 24.5 Å². The Morgan fingerprint density at radius 3 is 2.78 bits per heavy atom. The van der Waals surface area contributed by atoms with E-state index in [0.717, 1.165) is 48.6 Å². The number of nitrogens with one attached hydrogen (secondary N) is 2. The number of hydrogen-bond donors (Lipinski definition) is 2. The molecular formula is C17H18FN5. The molecule has 2 aromatic heterocycles. The fraction of sp³-hybridized carbons (Fsp3) is 0.294. The normalized spacial score (nSPS) is 14.6. The van der Waals surface area contributed by atoms with Crippen molar-refractivity contribution in [3.8, 4) is 0 Å². The van der Waals surface area contributed by atoms with Crippen molar-refractivity contribution in [1.82, 2.24) is 15.0 Å². The Morgan fingerprint density at radius 2 is 2.00 bits per heavy atom. The monoisotopic (exact) mass is 311 g/mol. The largest absolute Gasteiger partial charge is 0.343 e. The molecule has 0 aliphatic carbocycles. The van der Waals surface area contributed by atoms with Crippen LogP contribution < -0.4 is 10.2 Å². The van der Waals surface area contributed by atoms with Gasteiger partial charge in [0.05, 0.1) is 5.39 Å². The first kappa shape index (κ1) is 14.0. The number of aromatic nitrogens is 3. The Hall–Kier alpha value is -2.63. The molecule has 23 heavy (non-hydrogen) atoms. The maximum absolute atomic E-state index is 13.4. The van der Waals surface area contributed by atoms with E-state index in [2.05, 4.69) is 25.2 Å². The van der Waals surface area contributed by atoms with Crippen LogP contribution in [0.5, 0.6) is 0 Å². The van der Waals surface area contributed by atoms with Gasteiger partial charge in [-0.05, 0) is 44.0 Å². The Bertz CT molecular complexity index is 851. The molecule has 0 bridgehead atoms. The number of fused-ring (bicyclic) bond motifs is 1. The van der Waals surface area contributed by atoms with Crippen molar-refractivity contribution in [3.63, 3.8) is 0 Å². The maximum atomic E-state index is 13.4. The van der Waals surface area contributed by atoms with Gasteiger partial charge >= 0.3 is 0 Å². The van der Waals surface area contributed by atoms with Crippen molar-refractivity contribution in [3.05, 3.63) is 41.8 Å². The number of rotatable bonds is 3. The second-order valence-corrected chi connectivity index (χ2v) is 5.92. The summed E-state index contributed by atoms with van der Waals surface area (Å²) in [6.07, 6.45) is 2.33. The van der Waals surface area contributed by atoms with Crippen molar-refractivity contribution in [2.24, 2.45) is 0 Å². The molecule has 0 radical (unpaired) electrons. The van der Waals surface area contributed by atoms with E-state index in [4.69, 9.17) is 0 Å². The smallest absolute Gasteiger partial charge is 0.229 e. The van der Waals surface area contributed by atoms with E-state index in [1.807, 2.05) is 19.1 Å². The molecule has 1 fully saturated rings. The number of benzene rings is 1. The quantitative estimate of drug-likeness (QED) is 0.773. The zero-order chi connectivity index (χ0) is 15.8. The lowest BCUT2D eigenvalue weighted by Gasteiger charge is -2.16. The minimum absolute atomic E-state index is 0.273. The summed E-state index contributed by atoms with van der Waals surface area (Å²) >= 11 is 0. The Morgan fingerprint density at radius 1 is 1.17 bits per heavy atom. The molecule has 4 rings (SSSR count). The molecule has 3 aromatic rings. The first-order valence-electron chi connectivity index (χ1n) is 7.84. The second kappa shape index (κ2) is 5.53. The van der Waals surface area contributed by atoms with Crippen molar-refractivity contribution in [1.29, 1.82) is 0 Å². The third kappa shape index (κ3) is 2.72. The molecule has 0 atom stereocenters. The van der Waals surface area contributed by atoms with E-state index in [-0.39, 0.29) is 5.82 Å². The Kier molecular flexibility index (Phi) is 3.37. The van der Waals surface area contributed by atoms with Crippen molar-refractivity contribution in [2.45, 2.75) is 19.8 Å². The zero-order valence-corrected chi connectivity index (χ0v) is 12.9. The number of aromatic amines is 1. The topological polar surface area (TPSA) is 56.8 Å². The van der Waals surface area contributed by atoms with Gasteiger partial charge in [-0.3, -0.25) is 0 Å². The summed E-state index contributed by atoms with van der Waals surface area (Å²) in [4.78, 5) is 14.8. The van der Waals surface area contributed by atoms with Crippen LogP contribution in [0.2, 0.25) is 0 Å². The highest BCUT2D eigenvalue weighted by Gasteiger charge is 2.18. The third-order valence-electron chi connectivity index (χ3n) is 4.09. The van der Waals surface area contributed by atoms with Gasteiger partial charge in [0.25, 0.3) is 0 Å². The number of halogens is 1. The fourth-order valence-electron chi connectivity index (χ4n) is 2.99. The molecule has 1 aliphatic heterocycles. The lowest BCUT2D eigenvalue weighted by atomic mass is 10.3. The Labute approximate surface area is 133 Å². The summed E-state index contributed by atoms with van der Waals surface area (Å²) in [6.45, 7) is 3.94. The van der Waals surface area contributed by atoms with Crippen LogP contribution in [0.4, 0.5) is 21.8 Å². The van der Waals surface area contributed by atoms with Gasteiger partial charge in [-0.25, -0.2) is 4.39 Å². The van der Waals surface area contributed by atoms with Crippen LogP contribution in [0.1, 0.15) is 18.5 Å². The molecule has 1 saturated heterocycles. The van der Waals surface area contributed by atoms with Gasteiger partial charge < -0.3 is 15.2 Å². The number of anilines is 3. The molecule has 0 spiro atoms. The highest BCUT2D eigenvalue weighted by Crippen LogP contribution is 2.28. The van der Waals surface area contributed by atoms with Crippen LogP contribution in [-0.4, -0.2) is 28.0 Å². The van der Waals surface area contributed by atoms with Gasteiger partial charge in [0.2, 0.25) is 5.95 Å². The van der Waals surface area contributed by atoms with Gasteiger partial charge in [0.1, 0.15) is 17.3 Å². The molecule has 0 saturated carbocycles. The first-order chi connectivity index (χ1) is 11.2. The molecule has 5 nitrogen and oxygen atoms in total. The van der Waals surface area contributed by atoms with Crippen LogP contribution in [0.25, 0.3) is 11.0 Å². The lowest BCUT2D eigenvalue weighted by Crippen LogP contribution is -2.20. The molecule has 1 aromatic carbocycles. The van der Waals surface area contributed by atoms with E-state index in [9.17, 15) is 4.39 Å².